The third-order valence-corrected chi connectivity index (χ3v) is 10.5. The number of nitrogens with two attached hydrogens (primary N) is 1. The molecule has 4 aromatic rings. The Bertz CT molecular complexity index is 1910. The topological polar surface area (TPSA) is 123 Å². The van der Waals surface area contributed by atoms with Gasteiger partial charge in [0.1, 0.15) is 23.0 Å². The summed E-state index contributed by atoms with van der Waals surface area (Å²) in [5, 5.41) is 5.69. The Morgan fingerprint density at radius 1 is 0.784 bits per heavy atom. The van der Waals surface area contributed by atoms with E-state index in [2.05, 4.69) is 15.4 Å². The Labute approximate surface area is 305 Å². The number of aromatic nitrogens is 2. The monoisotopic (exact) mass is 726 g/mol. The average molecular weight is 727 g/mol. The SMILES string of the molecule is C.C.C.Cc1cc(NC(=O)c2c3c(cn2C)C(N)CC3)ccc1F.Cc1cc(NC(=O)c2c3c(cn2C)C(N[S@](=O)C(C)(C)C)CC3)ccc1F. The van der Waals surface area contributed by atoms with Crippen LogP contribution < -0.4 is 21.1 Å². The van der Waals surface area contributed by atoms with E-state index in [1.807, 2.05) is 56.4 Å². The highest BCUT2D eigenvalue weighted by Gasteiger charge is 2.33. The minimum Gasteiger partial charge on any atom is -0.346 e. The summed E-state index contributed by atoms with van der Waals surface area (Å²) in [6.07, 6.45) is 7.12. The largest absolute Gasteiger partial charge is 0.346 e. The molecule has 2 aromatic heterocycles. The van der Waals surface area contributed by atoms with E-state index in [9.17, 15) is 22.6 Å². The van der Waals surface area contributed by atoms with Crippen LogP contribution >= 0.6 is 0 Å². The van der Waals surface area contributed by atoms with Crippen LogP contribution in [0.4, 0.5) is 20.2 Å². The number of hydrogen-bond donors (Lipinski definition) is 4. The standard InChI is InChI=1S/C20H26FN3O2S.C16H18FN3O.3CH4/c1-12-10-13(6-8-16(12)21)22-19(25)18-14-7-9-17(15(14)11-24(18)5)23-27(26)20(2,3)4;1-9-7-10(3-5-13(9)17)19-16(21)15-11-4-6-14(18)12(11)8-20(15)2;;;/h6,8,10-11,17,23H,7,9H2,1-5H3,(H,22,25);3,5,7-8,14H,4,6,18H2,1-2H3,(H,19,21);3*1H4/t17?,27-;;;;/m1..../s1. The van der Waals surface area contributed by atoms with Crippen LogP contribution in [0.1, 0.15) is 122 Å². The van der Waals surface area contributed by atoms with E-state index < -0.39 is 11.0 Å². The Kier molecular flexibility index (Phi) is 14.3. The summed E-state index contributed by atoms with van der Waals surface area (Å²) in [6, 6.07) is 9.06. The molecule has 2 aliphatic rings. The number of rotatable bonds is 6. The van der Waals surface area contributed by atoms with Crippen LogP contribution in [0.3, 0.4) is 0 Å². The van der Waals surface area contributed by atoms with Gasteiger partial charge in [-0.05, 0) is 130 Å². The number of aryl methyl sites for hydroxylation is 4. The van der Waals surface area contributed by atoms with Gasteiger partial charge in [-0.1, -0.05) is 22.3 Å². The zero-order chi connectivity index (χ0) is 35.1. The summed E-state index contributed by atoms with van der Waals surface area (Å²) in [6.45, 7) is 9.13. The molecule has 9 nitrogen and oxygen atoms in total. The fourth-order valence-corrected chi connectivity index (χ4v) is 7.15. The van der Waals surface area contributed by atoms with Gasteiger partial charge in [0.25, 0.3) is 11.8 Å². The van der Waals surface area contributed by atoms with Crippen molar-refractivity contribution >= 4 is 34.2 Å². The van der Waals surface area contributed by atoms with E-state index in [0.717, 1.165) is 47.9 Å². The highest BCUT2D eigenvalue weighted by Crippen LogP contribution is 2.36. The normalized spacial score (nSPS) is 16.3. The van der Waals surface area contributed by atoms with E-state index in [-0.39, 0.29) is 62.6 Å². The minimum atomic E-state index is -1.17. The smallest absolute Gasteiger partial charge is 0.272 e. The van der Waals surface area contributed by atoms with Gasteiger partial charge < -0.3 is 25.5 Å². The molecule has 2 unspecified atom stereocenters. The zero-order valence-electron chi connectivity index (χ0n) is 28.5. The Morgan fingerprint density at radius 2 is 1.22 bits per heavy atom. The van der Waals surface area contributed by atoms with Crippen LogP contribution in [0.25, 0.3) is 0 Å². The molecule has 3 atom stereocenters. The van der Waals surface area contributed by atoms with Crippen LogP contribution in [0, 0.1) is 25.5 Å². The van der Waals surface area contributed by atoms with E-state index in [1.54, 1.807) is 38.1 Å². The first-order chi connectivity index (χ1) is 22.5. The minimum absolute atomic E-state index is 0. The molecule has 280 valence electrons. The van der Waals surface area contributed by atoms with Crippen LogP contribution in [0.5, 0.6) is 0 Å². The van der Waals surface area contributed by atoms with Crippen molar-refractivity contribution < 1.29 is 22.6 Å². The van der Waals surface area contributed by atoms with Gasteiger partial charge in [-0.15, -0.1) is 0 Å². The molecule has 2 amide bonds. The van der Waals surface area contributed by atoms with Gasteiger partial charge in [0.15, 0.2) is 0 Å². The highest BCUT2D eigenvalue weighted by molar-refractivity contribution is 7.84. The predicted molar refractivity (Wildman–Crippen MR) is 207 cm³/mol. The molecular formula is C39H56F2N6O3S. The van der Waals surface area contributed by atoms with Crippen LogP contribution in [-0.4, -0.2) is 29.9 Å². The molecule has 2 aliphatic carbocycles. The second kappa shape index (κ2) is 16.9. The van der Waals surface area contributed by atoms with Gasteiger partial charge in [-0.25, -0.2) is 17.7 Å². The average Bonchev–Trinajstić information content (AvgIpc) is 3.74. The van der Waals surface area contributed by atoms with Crippen molar-refractivity contribution in [1.82, 2.24) is 13.9 Å². The third-order valence-electron chi connectivity index (χ3n) is 8.87. The van der Waals surface area contributed by atoms with E-state index >= 15 is 0 Å². The maximum atomic E-state index is 13.4. The van der Waals surface area contributed by atoms with Gasteiger partial charge in [0.2, 0.25) is 0 Å². The summed E-state index contributed by atoms with van der Waals surface area (Å²) in [7, 11) is 2.50. The molecule has 0 saturated carbocycles. The molecule has 0 fully saturated rings. The van der Waals surface area contributed by atoms with Crippen molar-refractivity contribution in [2.75, 3.05) is 10.6 Å². The molecule has 51 heavy (non-hydrogen) atoms. The van der Waals surface area contributed by atoms with Gasteiger partial charge in [-0.3, -0.25) is 9.59 Å². The molecule has 0 aliphatic heterocycles. The van der Waals surface area contributed by atoms with Crippen LogP contribution in [0.15, 0.2) is 48.8 Å². The van der Waals surface area contributed by atoms with Crippen molar-refractivity contribution in [2.45, 2.75) is 99.4 Å². The number of carbonyl (C=O) groups is 2. The van der Waals surface area contributed by atoms with Crippen molar-refractivity contribution in [1.29, 1.82) is 0 Å². The lowest BCUT2D eigenvalue weighted by Gasteiger charge is -2.21. The summed E-state index contributed by atoms with van der Waals surface area (Å²) in [5.74, 6) is -0.978. The number of hydrogen-bond acceptors (Lipinski definition) is 4. The maximum absolute atomic E-state index is 13.4. The third kappa shape index (κ3) is 9.22. The van der Waals surface area contributed by atoms with Crippen molar-refractivity contribution in [3.05, 3.63) is 105 Å². The molecule has 6 rings (SSSR count). The van der Waals surface area contributed by atoms with Crippen LogP contribution in [-0.2, 0) is 37.9 Å². The second-order valence-corrected chi connectivity index (χ2v) is 15.6. The van der Waals surface area contributed by atoms with Gasteiger partial charge >= 0.3 is 0 Å². The van der Waals surface area contributed by atoms with Crippen molar-refractivity contribution in [3.63, 3.8) is 0 Å². The number of halogens is 2. The first kappa shape index (κ1) is 43.0. The number of carbonyl (C=O) groups excluding carboxylic acids is 2. The quantitative estimate of drug-likeness (QED) is 0.160. The molecular weight excluding hydrogens is 671 g/mol. The van der Waals surface area contributed by atoms with E-state index in [4.69, 9.17) is 5.73 Å². The number of benzene rings is 2. The lowest BCUT2D eigenvalue weighted by Crippen LogP contribution is -2.35. The summed E-state index contributed by atoms with van der Waals surface area (Å²) < 4.78 is 45.6. The lowest BCUT2D eigenvalue weighted by atomic mass is 10.1. The first-order valence-corrected chi connectivity index (χ1v) is 17.1. The molecule has 0 bridgehead atoms. The van der Waals surface area contributed by atoms with Gasteiger partial charge in [0.05, 0.1) is 15.7 Å². The van der Waals surface area contributed by atoms with Crippen molar-refractivity contribution in [2.24, 2.45) is 19.8 Å². The number of anilines is 2. The fraction of sp³-hybridized carbons (Fsp3) is 0.436. The summed E-state index contributed by atoms with van der Waals surface area (Å²) in [4.78, 5) is 25.3. The predicted octanol–water partition coefficient (Wildman–Crippen LogP) is 8.34. The molecule has 2 heterocycles. The molecule has 0 radical (unpaired) electrons. The summed E-state index contributed by atoms with van der Waals surface area (Å²) >= 11 is 0. The lowest BCUT2D eigenvalue weighted by molar-refractivity contribution is 0.101. The first-order valence-electron chi connectivity index (χ1n) is 16.0. The highest BCUT2D eigenvalue weighted by atomic mass is 32.2. The number of nitrogens with zero attached hydrogens (tertiary/aromatic N) is 2. The molecule has 5 N–H and O–H groups in total. The number of fused-ring (bicyclic) bond motifs is 2. The summed E-state index contributed by atoms with van der Waals surface area (Å²) in [5.41, 5.74) is 13.5. The Morgan fingerprint density at radius 3 is 1.67 bits per heavy atom. The van der Waals surface area contributed by atoms with E-state index in [0.29, 0.717) is 33.9 Å². The molecule has 0 spiro atoms. The number of amides is 2. The Hall–Kier alpha value is -4.13. The fourth-order valence-electron chi connectivity index (χ4n) is 6.29. The van der Waals surface area contributed by atoms with Crippen LogP contribution in [0.2, 0.25) is 0 Å². The molecule has 12 heteroatoms. The second-order valence-electron chi connectivity index (χ2n) is 13.6. The van der Waals surface area contributed by atoms with Crippen molar-refractivity contribution in [3.8, 4) is 0 Å². The van der Waals surface area contributed by atoms with Gasteiger partial charge in [-0.2, -0.15) is 0 Å². The van der Waals surface area contributed by atoms with E-state index in [1.165, 1.54) is 12.1 Å². The zero-order valence-corrected chi connectivity index (χ0v) is 29.3. The number of nitrogens with one attached hydrogen (secondary N) is 3. The molecule has 2 aromatic carbocycles. The maximum Gasteiger partial charge on any atom is 0.272 e. The van der Waals surface area contributed by atoms with Gasteiger partial charge in [0, 0.05) is 49.9 Å². The molecule has 0 saturated heterocycles. The Balaban J connectivity index is 0.000000342.